The number of benzene rings is 1. The van der Waals surface area contributed by atoms with Gasteiger partial charge in [0.2, 0.25) is 5.91 Å². The van der Waals surface area contributed by atoms with Gasteiger partial charge >= 0.3 is 5.97 Å². The number of nitrogens with two attached hydrogens (primary N) is 1. The molecule has 0 heterocycles. The molecule has 0 radical (unpaired) electrons. The van der Waals surface area contributed by atoms with Gasteiger partial charge < -0.3 is 15.8 Å². The first-order chi connectivity index (χ1) is 11.6. The van der Waals surface area contributed by atoms with Crippen LogP contribution in [0.4, 0.5) is 0 Å². The van der Waals surface area contributed by atoms with E-state index in [1.165, 1.54) is 19.3 Å². The van der Waals surface area contributed by atoms with Crippen LogP contribution in [0.15, 0.2) is 24.3 Å². The highest BCUT2D eigenvalue weighted by atomic mass is 16.5. The van der Waals surface area contributed by atoms with Crippen molar-refractivity contribution >= 4 is 11.9 Å². The summed E-state index contributed by atoms with van der Waals surface area (Å²) in [5.41, 5.74) is 7.41. The van der Waals surface area contributed by atoms with Crippen LogP contribution in [0.5, 0.6) is 0 Å². The highest BCUT2D eigenvalue weighted by molar-refractivity contribution is 5.89. The molecule has 1 aliphatic carbocycles. The van der Waals surface area contributed by atoms with Gasteiger partial charge in [-0.1, -0.05) is 31.4 Å². The number of amides is 1. The summed E-state index contributed by atoms with van der Waals surface area (Å²) in [6.45, 7) is 3.18. The molecule has 5 nitrogen and oxygen atoms in total. The van der Waals surface area contributed by atoms with E-state index >= 15 is 0 Å². The lowest BCUT2D eigenvalue weighted by molar-refractivity contribution is -0.124. The molecule has 1 saturated carbocycles. The summed E-state index contributed by atoms with van der Waals surface area (Å²) in [5, 5.41) is 2.97. The third-order valence-electron chi connectivity index (χ3n) is 4.84. The minimum atomic E-state index is -0.324. The fraction of sp³-hybridized carbons (Fsp3) is 0.579. The van der Waals surface area contributed by atoms with Gasteiger partial charge in [0.05, 0.1) is 12.2 Å². The molecule has 3 N–H and O–H groups in total. The monoisotopic (exact) mass is 332 g/mol. The topological polar surface area (TPSA) is 81.4 Å². The lowest BCUT2D eigenvalue weighted by atomic mass is 9.71. The van der Waals surface area contributed by atoms with E-state index in [1.54, 1.807) is 19.1 Å². The lowest BCUT2D eigenvalue weighted by Gasteiger charge is -2.35. The van der Waals surface area contributed by atoms with Gasteiger partial charge in [-0.15, -0.1) is 0 Å². The highest BCUT2D eigenvalue weighted by Crippen LogP contribution is 2.38. The molecule has 0 bridgehead atoms. The number of esters is 1. The fourth-order valence-electron chi connectivity index (χ4n) is 3.33. The van der Waals surface area contributed by atoms with Gasteiger partial charge in [-0.05, 0) is 49.4 Å². The number of hydrogen-bond acceptors (Lipinski definition) is 4. The first kappa shape index (κ1) is 18.5. The second kappa shape index (κ2) is 8.83. The standard InChI is InChI=1S/C19H28N2O3/c1-2-24-18(23)16-8-6-15(7-9-16)13-21-17(22)12-19(14-20)10-4-3-5-11-19/h6-9H,2-5,10-14,20H2,1H3,(H,21,22). The molecule has 0 unspecified atom stereocenters. The Labute approximate surface area is 143 Å². The van der Waals surface area contributed by atoms with E-state index in [2.05, 4.69) is 5.32 Å². The molecule has 0 atom stereocenters. The first-order valence-electron chi connectivity index (χ1n) is 8.81. The summed E-state index contributed by atoms with van der Waals surface area (Å²) in [7, 11) is 0. The lowest BCUT2D eigenvalue weighted by Crippen LogP contribution is -2.38. The largest absolute Gasteiger partial charge is 0.462 e. The van der Waals surface area contributed by atoms with E-state index in [-0.39, 0.29) is 17.3 Å². The van der Waals surface area contributed by atoms with Crippen molar-refractivity contribution in [3.63, 3.8) is 0 Å². The van der Waals surface area contributed by atoms with Crippen molar-refractivity contribution in [2.24, 2.45) is 11.1 Å². The van der Waals surface area contributed by atoms with Crippen LogP contribution in [0, 0.1) is 5.41 Å². The van der Waals surface area contributed by atoms with Gasteiger partial charge in [0, 0.05) is 13.0 Å². The Kier molecular flexibility index (Phi) is 6.79. The van der Waals surface area contributed by atoms with Crippen LogP contribution in [0.25, 0.3) is 0 Å². The summed E-state index contributed by atoms with van der Waals surface area (Å²) < 4.78 is 4.95. The van der Waals surface area contributed by atoms with Crippen molar-refractivity contribution in [2.45, 2.75) is 52.0 Å². The molecular formula is C19H28N2O3. The second-order valence-corrected chi connectivity index (χ2v) is 6.64. The molecule has 0 aromatic heterocycles. The van der Waals surface area contributed by atoms with Gasteiger partial charge in [0.15, 0.2) is 0 Å². The Morgan fingerprint density at radius 1 is 1.17 bits per heavy atom. The summed E-state index contributed by atoms with van der Waals surface area (Å²) >= 11 is 0. The van der Waals surface area contributed by atoms with E-state index < -0.39 is 0 Å². The predicted molar refractivity (Wildman–Crippen MR) is 93.4 cm³/mol. The molecule has 0 saturated heterocycles. The van der Waals surface area contributed by atoms with Gasteiger partial charge in [-0.3, -0.25) is 4.79 Å². The van der Waals surface area contributed by atoms with Gasteiger partial charge in [-0.2, -0.15) is 0 Å². The van der Waals surface area contributed by atoms with Crippen molar-refractivity contribution in [3.05, 3.63) is 35.4 Å². The number of rotatable bonds is 7. The average Bonchev–Trinajstić information content (AvgIpc) is 2.61. The SMILES string of the molecule is CCOC(=O)c1ccc(CNC(=O)CC2(CN)CCCCC2)cc1. The minimum Gasteiger partial charge on any atom is -0.462 e. The maximum Gasteiger partial charge on any atom is 0.338 e. The maximum atomic E-state index is 12.3. The van der Waals surface area contributed by atoms with Crippen LogP contribution in [-0.4, -0.2) is 25.0 Å². The van der Waals surface area contributed by atoms with E-state index in [4.69, 9.17) is 10.5 Å². The fourth-order valence-corrected chi connectivity index (χ4v) is 3.33. The second-order valence-electron chi connectivity index (χ2n) is 6.64. The van der Waals surface area contributed by atoms with Crippen LogP contribution >= 0.6 is 0 Å². The molecule has 1 aliphatic rings. The smallest absolute Gasteiger partial charge is 0.338 e. The zero-order chi connectivity index (χ0) is 17.4. The Morgan fingerprint density at radius 3 is 2.42 bits per heavy atom. The van der Waals surface area contributed by atoms with Crippen molar-refractivity contribution in [2.75, 3.05) is 13.2 Å². The number of nitrogens with one attached hydrogen (secondary N) is 1. The maximum absolute atomic E-state index is 12.3. The zero-order valence-corrected chi connectivity index (χ0v) is 14.5. The van der Waals surface area contributed by atoms with Crippen LogP contribution in [-0.2, 0) is 16.1 Å². The third-order valence-corrected chi connectivity index (χ3v) is 4.84. The highest BCUT2D eigenvalue weighted by Gasteiger charge is 2.32. The summed E-state index contributed by atoms with van der Waals surface area (Å²) in [5.74, 6) is -0.271. The van der Waals surface area contributed by atoms with E-state index in [0.717, 1.165) is 18.4 Å². The van der Waals surface area contributed by atoms with Crippen LogP contribution in [0.2, 0.25) is 0 Å². The Balaban J connectivity index is 1.84. The Bertz CT molecular complexity index is 548. The molecule has 0 spiro atoms. The summed E-state index contributed by atoms with van der Waals surface area (Å²) in [6, 6.07) is 7.13. The van der Waals surface area contributed by atoms with Crippen LogP contribution in [0.3, 0.4) is 0 Å². The molecule has 5 heteroatoms. The molecule has 0 aliphatic heterocycles. The van der Waals surface area contributed by atoms with Crippen LogP contribution in [0.1, 0.15) is 61.4 Å². The van der Waals surface area contributed by atoms with Crippen molar-refractivity contribution in [1.29, 1.82) is 0 Å². The quantitative estimate of drug-likeness (QED) is 0.752. The number of ether oxygens (including phenoxy) is 1. The van der Waals surface area contributed by atoms with Crippen molar-refractivity contribution in [3.8, 4) is 0 Å². The molecule has 1 amide bonds. The van der Waals surface area contributed by atoms with Crippen LogP contribution < -0.4 is 11.1 Å². The van der Waals surface area contributed by atoms with Gasteiger partial charge in [-0.25, -0.2) is 4.79 Å². The number of carbonyl (C=O) groups excluding carboxylic acids is 2. The molecule has 2 rings (SSSR count). The normalized spacial score (nSPS) is 16.4. The predicted octanol–water partition coefficient (Wildman–Crippen LogP) is 2.78. The molecular weight excluding hydrogens is 304 g/mol. The molecule has 1 fully saturated rings. The summed E-state index contributed by atoms with van der Waals surface area (Å²) in [4.78, 5) is 23.9. The molecule has 132 valence electrons. The molecule has 1 aromatic rings. The Morgan fingerprint density at radius 2 is 1.83 bits per heavy atom. The average molecular weight is 332 g/mol. The summed E-state index contributed by atoms with van der Waals surface area (Å²) in [6.07, 6.45) is 6.18. The third kappa shape index (κ3) is 5.06. The molecule has 24 heavy (non-hydrogen) atoms. The molecule has 1 aromatic carbocycles. The number of carbonyl (C=O) groups is 2. The van der Waals surface area contributed by atoms with E-state index in [9.17, 15) is 9.59 Å². The van der Waals surface area contributed by atoms with E-state index in [0.29, 0.717) is 31.7 Å². The number of hydrogen-bond donors (Lipinski definition) is 2. The van der Waals surface area contributed by atoms with E-state index in [1.807, 2.05) is 12.1 Å². The Hall–Kier alpha value is -1.88. The zero-order valence-electron chi connectivity index (χ0n) is 14.5. The van der Waals surface area contributed by atoms with Gasteiger partial charge in [0.1, 0.15) is 0 Å². The van der Waals surface area contributed by atoms with Gasteiger partial charge in [0.25, 0.3) is 0 Å². The van der Waals surface area contributed by atoms with Crippen molar-refractivity contribution in [1.82, 2.24) is 5.32 Å². The first-order valence-corrected chi connectivity index (χ1v) is 8.81. The minimum absolute atomic E-state index is 0.0178. The van der Waals surface area contributed by atoms with Crippen molar-refractivity contribution < 1.29 is 14.3 Å².